The summed E-state index contributed by atoms with van der Waals surface area (Å²) >= 11 is 6.16. The molecule has 0 atom stereocenters. The van der Waals surface area contributed by atoms with Crippen LogP contribution >= 0.6 is 24.0 Å². The summed E-state index contributed by atoms with van der Waals surface area (Å²) in [6.07, 6.45) is 0. The molecule has 1 aromatic carbocycles. The van der Waals surface area contributed by atoms with Gasteiger partial charge in [0.05, 0.1) is 0 Å². The number of hydrogen-bond donors (Lipinski definition) is 2. The Balaban J connectivity index is 2.55. The number of nitrogens with two attached hydrogens (primary N) is 1. The van der Waals surface area contributed by atoms with Crippen LogP contribution in [0.5, 0.6) is 0 Å². The van der Waals surface area contributed by atoms with E-state index in [0.717, 1.165) is 16.1 Å². The van der Waals surface area contributed by atoms with Gasteiger partial charge in [0.15, 0.2) is 0 Å². The molecular weight excluding hydrogens is 222 g/mol. The maximum absolute atomic E-state index is 5.86. The molecule has 15 heavy (non-hydrogen) atoms. The second-order valence-corrected chi connectivity index (χ2v) is 5.41. The van der Waals surface area contributed by atoms with Crippen LogP contribution in [-0.2, 0) is 0 Å². The Kier molecular flexibility index (Phi) is 2.76. The summed E-state index contributed by atoms with van der Waals surface area (Å²) in [5.41, 5.74) is 8.92. The minimum Gasteiger partial charge on any atom is -0.398 e. The Labute approximate surface area is 99.4 Å². The highest BCUT2D eigenvalue weighted by Gasteiger charge is 2.05. The normalized spacial score (nSPS) is 10.6. The minimum absolute atomic E-state index is 0.773. The molecule has 0 saturated heterocycles. The van der Waals surface area contributed by atoms with Crippen LogP contribution in [0.1, 0.15) is 10.4 Å². The van der Waals surface area contributed by atoms with Crippen molar-refractivity contribution in [3.8, 4) is 10.4 Å². The van der Waals surface area contributed by atoms with Crippen molar-refractivity contribution in [2.75, 3.05) is 5.73 Å². The Hall–Kier alpha value is -0.930. The topological polar surface area (TPSA) is 26.0 Å². The van der Waals surface area contributed by atoms with Crippen molar-refractivity contribution >= 4 is 29.7 Å². The van der Waals surface area contributed by atoms with Gasteiger partial charge in [0.1, 0.15) is 0 Å². The molecule has 0 spiro atoms. The van der Waals surface area contributed by atoms with E-state index in [0.29, 0.717) is 0 Å². The lowest BCUT2D eigenvalue weighted by molar-refractivity contribution is 1.38. The van der Waals surface area contributed by atoms with Crippen LogP contribution in [0.25, 0.3) is 10.4 Å². The van der Waals surface area contributed by atoms with E-state index in [4.69, 9.17) is 5.73 Å². The van der Waals surface area contributed by atoms with Gasteiger partial charge in [0.2, 0.25) is 0 Å². The standard InChI is InChI=1S/C12H13NS2/c1-7-5-9(6-10(14)12(7)13)11-4-3-8(2)15-11/h3-6,14H,13H2,1-2H3. The SMILES string of the molecule is Cc1ccc(-c2cc(C)c(N)c(S)c2)s1. The molecule has 0 unspecified atom stereocenters. The Morgan fingerprint density at radius 2 is 1.93 bits per heavy atom. The molecule has 1 heterocycles. The van der Waals surface area contributed by atoms with Gasteiger partial charge in [-0.1, -0.05) is 0 Å². The van der Waals surface area contributed by atoms with E-state index < -0.39 is 0 Å². The zero-order valence-electron chi connectivity index (χ0n) is 8.74. The molecule has 0 fully saturated rings. The van der Waals surface area contributed by atoms with E-state index in [1.54, 1.807) is 11.3 Å². The maximum atomic E-state index is 5.86. The first-order chi connectivity index (χ1) is 7.08. The summed E-state index contributed by atoms with van der Waals surface area (Å²) in [5.74, 6) is 0. The van der Waals surface area contributed by atoms with Crippen LogP contribution < -0.4 is 5.73 Å². The van der Waals surface area contributed by atoms with Gasteiger partial charge in [-0.3, -0.25) is 0 Å². The maximum Gasteiger partial charge on any atom is 0.0479 e. The van der Waals surface area contributed by atoms with Gasteiger partial charge >= 0.3 is 0 Å². The van der Waals surface area contributed by atoms with Crippen LogP contribution in [0.15, 0.2) is 29.2 Å². The molecule has 0 aliphatic heterocycles. The largest absolute Gasteiger partial charge is 0.398 e. The van der Waals surface area contributed by atoms with Crippen molar-refractivity contribution in [1.29, 1.82) is 0 Å². The second kappa shape index (κ2) is 3.91. The fourth-order valence-electron chi connectivity index (χ4n) is 1.51. The van der Waals surface area contributed by atoms with Gasteiger partial charge < -0.3 is 5.73 Å². The first kappa shape index (κ1) is 10.6. The molecule has 0 amide bonds. The van der Waals surface area contributed by atoms with E-state index in [1.807, 2.05) is 13.0 Å². The molecule has 2 N–H and O–H groups in total. The van der Waals surface area contributed by atoms with Crippen LogP contribution in [0.4, 0.5) is 5.69 Å². The number of thiophene rings is 1. The second-order valence-electron chi connectivity index (χ2n) is 3.64. The lowest BCUT2D eigenvalue weighted by Crippen LogP contribution is -1.91. The molecule has 2 aromatic rings. The monoisotopic (exact) mass is 235 g/mol. The summed E-state index contributed by atoms with van der Waals surface area (Å²) in [4.78, 5) is 3.45. The first-order valence-corrected chi connectivity index (χ1v) is 6.00. The number of rotatable bonds is 1. The lowest BCUT2D eigenvalue weighted by Gasteiger charge is -2.06. The number of thiol groups is 1. The fourth-order valence-corrected chi connectivity index (χ4v) is 2.68. The zero-order valence-corrected chi connectivity index (χ0v) is 10.5. The highest BCUT2D eigenvalue weighted by atomic mass is 32.1. The molecule has 1 nitrogen and oxygen atoms in total. The van der Waals surface area contributed by atoms with Crippen LogP contribution in [0, 0.1) is 13.8 Å². The van der Waals surface area contributed by atoms with Gasteiger partial charge in [-0.2, -0.15) is 0 Å². The molecule has 0 aliphatic carbocycles. The van der Waals surface area contributed by atoms with Gasteiger partial charge in [0, 0.05) is 20.3 Å². The van der Waals surface area contributed by atoms with Crippen molar-refractivity contribution in [1.82, 2.24) is 0 Å². The average Bonchev–Trinajstić information content (AvgIpc) is 2.60. The Bertz CT molecular complexity index is 477. The summed E-state index contributed by atoms with van der Waals surface area (Å²) in [7, 11) is 0. The quantitative estimate of drug-likeness (QED) is 0.569. The summed E-state index contributed by atoms with van der Waals surface area (Å²) in [6.45, 7) is 4.12. The molecule has 2 rings (SSSR count). The third kappa shape index (κ3) is 2.03. The summed E-state index contributed by atoms with van der Waals surface area (Å²) < 4.78 is 0. The van der Waals surface area contributed by atoms with E-state index >= 15 is 0 Å². The molecule has 0 saturated carbocycles. The number of anilines is 1. The van der Waals surface area contributed by atoms with E-state index in [9.17, 15) is 0 Å². The predicted octanol–water partition coefficient (Wildman–Crippen LogP) is 3.90. The van der Waals surface area contributed by atoms with E-state index in [-0.39, 0.29) is 0 Å². The molecule has 0 radical (unpaired) electrons. The number of hydrogen-bond acceptors (Lipinski definition) is 3. The van der Waals surface area contributed by atoms with Crippen LogP contribution in [-0.4, -0.2) is 0 Å². The van der Waals surface area contributed by atoms with Crippen LogP contribution in [0.3, 0.4) is 0 Å². The minimum atomic E-state index is 0.773. The molecule has 0 aliphatic rings. The van der Waals surface area contributed by atoms with Crippen molar-refractivity contribution in [3.63, 3.8) is 0 Å². The fraction of sp³-hybridized carbons (Fsp3) is 0.167. The molecule has 0 bridgehead atoms. The number of aryl methyl sites for hydroxylation is 2. The third-order valence-electron chi connectivity index (χ3n) is 2.39. The average molecular weight is 235 g/mol. The number of nitrogen functional groups attached to an aromatic ring is 1. The van der Waals surface area contributed by atoms with Gasteiger partial charge in [-0.15, -0.1) is 24.0 Å². The van der Waals surface area contributed by atoms with E-state index in [1.165, 1.54) is 15.3 Å². The van der Waals surface area contributed by atoms with Crippen molar-refractivity contribution in [2.45, 2.75) is 18.7 Å². The van der Waals surface area contributed by atoms with Gasteiger partial charge in [-0.25, -0.2) is 0 Å². The Morgan fingerprint density at radius 1 is 1.20 bits per heavy atom. The van der Waals surface area contributed by atoms with Crippen molar-refractivity contribution < 1.29 is 0 Å². The first-order valence-electron chi connectivity index (χ1n) is 4.74. The molecular formula is C12H13NS2. The zero-order chi connectivity index (χ0) is 11.0. The third-order valence-corrected chi connectivity index (χ3v) is 3.81. The molecule has 1 aromatic heterocycles. The lowest BCUT2D eigenvalue weighted by atomic mass is 10.1. The van der Waals surface area contributed by atoms with E-state index in [2.05, 4.69) is 37.8 Å². The highest BCUT2D eigenvalue weighted by Crippen LogP contribution is 2.32. The van der Waals surface area contributed by atoms with Gasteiger partial charge in [-0.05, 0) is 49.2 Å². The summed E-state index contributed by atoms with van der Waals surface area (Å²) in [6, 6.07) is 8.40. The van der Waals surface area contributed by atoms with Crippen LogP contribution in [0.2, 0.25) is 0 Å². The van der Waals surface area contributed by atoms with Crippen molar-refractivity contribution in [2.24, 2.45) is 0 Å². The molecule has 78 valence electrons. The van der Waals surface area contributed by atoms with Crippen molar-refractivity contribution in [3.05, 3.63) is 34.7 Å². The number of benzene rings is 1. The predicted molar refractivity (Wildman–Crippen MR) is 70.9 cm³/mol. The molecule has 3 heteroatoms. The highest BCUT2D eigenvalue weighted by molar-refractivity contribution is 7.80. The smallest absolute Gasteiger partial charge is 0.0479 e. The summed E-state index contributed by atoms with van der Waals surface area (Å²) in [5, 5.41) is 0. The Morgan fingerprint density at radius 3 is 2.47 bits per heavy atom. The van der Waals surface area contributed by atoms with Gasteiger partial charge in [0.25, 0.3) is 0 Å².